The third kappa shape index (κ3) is 4.90. The van der Waals surface area contributed by atoms with Gasteiger partial charge in [0.15, 0.2) is 0 Å². The number of alkyl halides is 3. The summed E-state index contributed by atoms with van der Waals surface area (Å²) in [4.78, 5) is 4.20. The Balaban J connectivity index is 1.50. The largest absolute Gasteiger partial charge is 0.508 e. The lowest BCUT2D eigenvalue weighted by Gasteiger charge is -2.57. The van der Waals surface area contributed by atoms with Gasteiger partial charge in [-0.05, 0) is 86.9 Å². The van der Waals surface area contributed by atoms with E-state index in [9.17, 15) is 23.4 Å². The lowest BCUT2D eigenvalue weighted by molar-refractivity contribution is -0.154. The molecule has 4 atom stereocenters. The van der Waals surface area contributed by atoms with E-state index in [0.29, 0.717) is 44.7 Å². The molecule has 7 heteroatoms. The molecule has 0 aromatic heterocycles. The minimum absolute atomic E-state index is 0.126. The second-order valence-corrected chi connectivity index (χ2v) is 11.6. The zero-order chi connectivity index (χ0) is 26.4. The van der Waals surface area contributed by atoms with Gasteiger partial charge >= 0.3 is 6.18 Å². The first-order valence-corrected chi connectivity index (χ1v) is 13.7. The fourth-order valence-electron chi connectivity index (χ4n) is 7.22. The predicted molar refractivity (Wildman–Crippen MR) is 139 cm³/mol. The summed E-state index contributed by atoms with van der Waals surface area (Å²) in [7, 11) is 2.09. The van der Waals surface area contributed by atoms with E-state index in [0.717, 1.165) is 17.7 Å². The second kappa shape index (κ2) is 9.90. The van der Waals surface area contributed by atoms with Crippen molar-refractivity contribution in [3.63, 3.8) is 0 Å². The van der Waals surface area contributed by atoms with Crippen LogP contribution in [0.2, 0.25) is 0 Å². The standard InChI is InChI=1S/C30H39F3N2O2/c1-3-28-13-15-35(20-26(30(31,32)33)22-7-5-4-6-8-22)16-14-29(28,37)27(34(2)19-21-9-10-21)17-23-11-12-24(36)18-25(23)28/h4-8,11-12,18,21,26-27,36-37H,3,9-10,13-17,19-20H2,1-2H3. The van der Waals surface area contributed by atoms with Crippen LogP contribution in [-0.4, -0.2) is 71.1 Å². The molecule has 2 aromatic rings. The smallest absolute Gasteiger partial charge is 0.396 e. The average Bonchev–Trinajstić information content (AvgIpc) is 3.69. The van der Waals surface area contributed by atoms with Crippen molar-refractivity contribution < 1.29 is 23.4 Å². The molecule has 4 nitrogen and oxygen atoms in total. The number of aliphatic hydroxyl groups is 1. The number of hydrogen-bond acceptors (Lipinski definition) is 4. The summed E-state index contributed by atoms with van der Waals surface area (Å²) in [6.45, 7) is 3.73. The van der Waals surface area contributed by atoms with E-state index >= 15 is 0 Å². The highest BCUT2D eigenvalue weighted by molar-refractivity contribution is 5.47. The van der Waals surface area contributed by atoms with Gasteiger partial charge in [-0.25, -0.2) is 0 Å². The highest BCUT2D eigenvalue weighted by Gasteiger charge is 2.60. The van der Waals surface area contributed by atoms with Gasteiger partial charge in [-0.1, -0.05) is 43.3 Å². The van der Waals surface area contributed by atoms with E-state index in [1.165, 1.54) is 12.8 Å². The second-order valence-electron chi connectivity index (χ2n) is 11.6. The number of halogens is 3. The van der Waals surface area contributed by atoms with Gasteiger partial charge in [0.25, 0.3) is 0 Å². The van der Waals surface area contributed by atoms with E-state index in [2.05, 4.69) is 18.9 Å². The van der Waals surface area contributed by atoms with E-state index in [4.69, 9.17) is 0 Å². The Morgan fingerprint density at radius 1 is 1.08 bits per heavy atom. The fraction of sp³-hybridized carbons (Fsp3) is 0.600. The number of nitrogens with zero attached hydrogens (tertiary/aromatic N) is 2. The van der Waals surface area contributed by atoms with Gasteiger partial charge in [-0.3, -0.25) is 4.90 Å². The van der Waals surface area contributed by atoms with Gasteiger partial charge in [0.1, 0.15) is 5.75 Å². The lowest BCUT2D eigenvalue weighted by Crippen LogP contribution is -2.66. The van der Waals surface area contributed by atoms with Crippen LogP contribution in [-0.2, 0) is 11.8 Å². The normalized spacial score (nSPS) is 29.4. The fourth-order valence-corrected chi connectivity index (χ4v) is 7.22. The molecule has 37 heavy (non-hydrogen) atoms. The minimum atomic E-state index is -4.36. The molecule has 5 rings (SSSR count). The Bertz CT molecular complexity index is 1090. The number of benzene rings is 2. The number of rotatable bonds is 7. The van der Waals surface area contributed by atoms with Gasteiger partial charge in [0.2, 0.25) is 0 Å². The number of fused-ring (bicyclic) bond motifs is 3. The molecule has 2 aromatic carbocycles. The van der Waals surface area contributed by atoms with Crippen LogP contribution >= 0.6 is 0 Å². The van der Waals surface area contributed by atoms with Gasteiger partial charge < -0.3 is 15.1 Å². The van der Waals surface area contributed by atoms with Gasteiger partial charge in [0, 0.05) is 31.1 Å². The Hall–Kier alpha value is -2.09. The molecule has 1 saturated carbocycles. The van der Waals surface area contributed by atoms with Crippen LogP contribution in [0.15, 0.2) is 48.5 Å². The number of aromatic hydroxyl groups is 1. The summed E-state index contributed by atoms with van der Waals surface area (Å²) in [5.41, 5.74) is 0.616. The minimum Gasteiger partial charge on any atom is -0.508 e. The van der Waals surface area contributed by atoms with E-state index in [1.807, 2.05) is 11.0 Å². The van der Waals surface area contributed by atoms with Crippen molar-refractivity contribution in [2.45, 2.75) is 74.6 Å². The summed E-state index contributed by atoms with van der Waals surface area (Å²) >= 11 is 0. The summed E-state index contributed by atoms with van der Waals surface area (Å²) in [5.74, 6) is -0.752. The van der Waals surface area contributed by atoms with Crippen LogP contribution in [0.25, 0.3) is 0 Å². The highest BCUT2D eigenvalue weighted by Crippen LogP contribution is 2.54. The van der Waals surface area contributed by atoms with Crippen molar-refractivity contribution in [2.24, 2.45) is 5.92 Å². The van der Waals surface area contributed by atoms with E-state index in [1.54, 1.807) is 42.5 Å². The van der Waals surface area contributed by atoms with E-state index < -0.39 is 23.1 Å². The van der Waals surface area contributed by atoms with Crippen LogP contribution in [0.3, 0.4) is 0 Å². The quantitative estimate of drug-likeness (QED) is 0.512. The first-order valence-electron chi connectivity index (χ1n) is 13.7. The SMILES string of the molecule is CCC12CCN(CC(c3ccccc3)C(F)(F)F)CCC1(O)C(N(C)CC1CC1)Cc1ccc(O)cc12. The lowest BCUT2D eigenvalue weighted by atomic mass is 9.54. The molecular formula is C30H39F3N2O2. The number of phenols is 1. The molecular weight excluding hydrogens is 477 g/mol. The molecule has 4 unspecified atom stereocenters. The van der Waals surface area contributed by atoms with Crippen molar-refractivity contribution >= 4 is 0 Å². The molecule has 0 spiro atoms. The number of likely N-dealkylation sites (N-methyl/N-ethyl adjacent to an activating group) is 1. The maximum atomic E-state index is 14.2. The summed E-state index contributed by atoms with van der Waals surface area (Å²) < 4.78 is 42.6. The van der Waals surface area contributed by atoms with Gasteiger partial charge in [-0.2, -0.15) is 13.2 Å². The Morgan fingerprint density at radius 2 is 1.78 bits per heavy atom. The molecule has 2 N–H and O–H groups in total. The molecule has 0 radical (unpaired) electrons. The molecule has 1 saturated heterocycles. The molecule has 1 aliphatic heterocycles. The molecule has 3 aliphatic rings. The topological polar surface area (TPSA) is 46.9 Å². The number of hydrogen-bond donors (Lipinski definition) is 2. The summed E-state index contributed by atoms with van der Waals surface area (Å²) in [6.07, 6.45) is 0.342. The Morgan fingerprint density at radius 3 is 2.43 bits per heavy atom. The molecule has 202 valence electrons. The molecule has 0 amide bonds. The van der Waals surface area contributed by atoms with Crippen LogP contribution < -0.4 is 0 Å². The predicted octanol–water partition coefficient (Wildman–Crippen LogP) is 5.48. The maximum Gasteiger partial charge on any atom is 0.396 e. The Labute approximate surface area is 218 Å². The average molecular weight is 517 g/mol. The summed E-state index contributed by atoms with van der Waals surface area (Å²) in [5, 5.41) is 23.1. The first kappa shape index (κ1) is 26.5. The number of phenolic OH excluding ortho intramolecular Hbond substituents is 1. The molecule has 2 aliphatic carbocycles. The third-order valence-electron chi connectivity index (χ3n) is 9.48. The molecule has 1 heterocycles. The van der Waals surface area contributed by atoms with Gasteiger partial charge in [0.05, 0.1) is 11.5 Å². The van der Waals surface area contributed by atoms with Crippen LogP contribution in [0.1, 0.15) is 61.6 Å². The van der Waals surface area contributed by atoms with Gasteiger partial charge in [-0.15, -0.1) is 0 Å². The van der Waals surface area contributed by atoms with Crippen molar-refractivity contribution in [1.82, 2.24) is 9.80 Å². The maximum absolute atomic E-state index is 14.2. The van der Waals surface area contributed by atoms with Crippen molar-refractivity contribution in [2.75, 3.05) is 33.2 Å². The van der Waals surface area contributed by atoms with Crippen molar-refractivity contribution in [3.05, 3.63) is 65.2 Å². The zero-order valence-electron chi connectivity index (χ0n) is 21.8. The first-order chi connectivity index (χ1) is 17.6. The van der Waals surface area contributed by atoms with Crippen molar-refractivity contribution in [1.29, 1.82) is 0 Å². The van der Waals surface area contributed by atoms with Crippen molar-refractivity contribution in [3.8, 4) is 5.75 Å². The van der Waals surface area contributed by atoms with E-state index in [-0.39, 0.29) is 23.9 Å². The third-order valence-corrected chi connectivity index (χ3v) is 9.48. The van der Waals surface area contributed by atoms with Crippen LogP contribution in [0.5, 0.6) is 5.75 Å². The van der Waals surface area contributed by atoms with Crippen LogP contribution in [0.4, 0.5) is 13.2 Å². The highest BCUT2D eigenvalue weighted by atomic mass is 19.4. The van der Waals surface area contributed by atoms with Crippen LogP contribution in [0, 0.1) is 5.92 Å². The molecule has 2 fully saturated rings. The Kier molecular flexibility index (Phi) is 7.09. The summed E-state index contributed by atoms with van der Waals surface area (Å²) in [6, 6.07) is 13.5. The monoisotopic (exact) mass is 516 g/mol. The zero-order valence-corrected chi connectivity index (χ0v) is 21.8. The molecule has 0 bridgehead atoms. The number of likely N-dealkylation sites (tertiary alicyclic amines) is 1.